The Morgan fingerprint density at radius 3 is 2.72 bits per heavy atom. The molecule has 0 saturated heterocycles. The van der Waals surface area contributed by atoms with Crippen molar-refractivity contribution in [3.8, 4) is 0 Å². The fraction of sp³-hybridized carbons (Fsp3) is 0.154. The van der Waals surface area contributed by atoms with Crippen molar-refractivity contribution in [1.82, 2.24) is 4.98 Å². The Hall–Kier alpha value is -0.580. The number of rotatable bonds is 3. The van der Waals surface area contributed by atoms with Crippen LogP contribution in [-0.4, -0.2) is 4.98 Å². The Morgan fingerprint density at radius 2 is 2.06 bits per heavy atom. The first-order chi connectivity index (χ1) is 8.56. The van der Waals surface area contributed by atoms with Crippen LogP contribution >= 0.6 is 43.5 Å². The zero-order chi connectivity index (χ0) is 13.1. The van der Waals surface area contributed by atoms with E-state index in [0.29, 0.717) is 0 Å². The fourth-order valence-corrected chi connectivity index (χ4v) is 2.89. The van der Waals surface area contributed by atoms with E-state index in [2.05, 4.69) is 49.1 Å². The van der Waals surface area contributed by atoms with Gasteiger partial charge in [-0.2, -0.15) is 0 Å². The van der Waals surface area contributed by atoms with Gasteiger partial charge in [-0.15, -0.1) is 0 Å². The summed E-state index contributed by atoms with van der Waals surface area (Å²) >= 11 is 12.8. The number of benzene rings is 1. The van der Waals surface area contributed by atoms with Gasteiger partial charge in [0.2, 0.25) is 0 Å². The summed E-state index contributed by atoms with van der Waals surface area (Å²) in [6, 6.07) is 9.89. The zero-order valence-corrected chi connectivity index (χ0v) is 13.6. The SMILES string of the molecule is CC(Nc1ncc(Br)cc1Br)c1cccc(Cl)c1. The molecule has 0 amide bonds. The molecule has 2 nitrogen and oxygen atoms in total. The number of hydrogen-bond acceptors (Lipinski definition) is 2. The Balaban J connectivity index is 2.18. The Bertz CT molecular complexity index is 560. The van der Waals surface area contributed by atoms with Gasteiger partial charge < -0.3 is 5.32 Å². The molecule has 0 aliphatic carbocycles. The molecule has 5 heteroatoms. The molecule has 0 saturated carbocycles. The lowest BCUT2D eigenvalue weighted by atomic mass is 10.1. The van der Waals surface area contributed by atoms with Crippen LogP contribution in [0.1, 0.15) is 18.5 Å². The molecule has 18 heavy (non-hydrogen) atoms. The zero-order valence-electron chi connectivity index (χ0n) is 9.62. The molecular weight excluding hydrogens is 379 g/mol. The van der Waals surface area contributed by atoms with Crippen LogP contribution in [0.2, 0.25) is 5.02 Å². The van der Waals surface area contributed by atoms with Crippen LogP contribution in [0.3, 0.4) is 0 Å². The van der Waals surface area contributed by atoms with Gasteiger partial charge in [0.1, 0.15) is 5.82 Å². The second-order valence-electron chi connectivity index (χ2n) is 3.90. The lowest BCUT2D eigenvalue weighted by Gasteiger charge is -2.16. The van der Waals surface area contributed by atoms with Crippen molar-refractivity contribution in [2.75, 3.05) is 5.32 Å². The lowest BCUT2D eigenvalue weighted by molar-refractivity contribution is 0.873. The highest BCUT2D eigenvalue weighted by atomic mass is 79.9. The van der Waals surface area contributed by atoms with Crippen molar-refractivity contribution in [2.45, 2.75) is 13.0 Å². The number of nitrogens with zero attached hydrogens (tertiary/aromatic N) is 1. The first kappa shape index (κ1) is 13.8. The van der Waals surface area contributed by atoms with Crippen LogP contribution < -0.4 is 5.32 Å². The van der Waals surface area contributed by atoms with Crippen LogP contribution in [0.25, 0.3) is 0 Å². The summed E-state index contributed by atoms with van der Waals surface area (Å²) in [5, 5.41) is 4.08. The molecular formula is C13H11Br2ClN2. The van der Waals surface area contributed by atoms with E-state index in [1.165, 1.54) is 0 Å². The molecule has 1 heterocycles. The second kappa shape index (κ2) is 6.04. The van der Waals surface area contributed by atoms with Gasteiger partial charge in [0.05, 0.1) is 10.5 Å². The summed E-state index contributed by atoms with van der Waals surface area (Å²) in [6.45, 7) is 2.07. The average Bonchev–Trinajstić information content (AvgIpc) is 2.32. The molecule has 1 aromatic carbocycles. The van der Waals surface area contributed by atoms with Crippen molar-refractivity contribution < 1.29 is 0 Å². The first-order valence-electron chi connectivity index (χ1n) is 5.39. The molecule has 1 atom stereocenters. The molecule has 2 aromatic rings. The number of aromatic nitrogens is 1. The van der Waals surface area contributed by atoms with Crippen LogP contribution in [0.4, 0.5) is 5.82 Å². The van der Waals surface area contributed by atoms with Crippen LogP contribution in [0.15, 0.2) is 45.5 Å². The summed E-state index contributed by atoms with van der Waals surface area (Å²) < 4.78 is 1.86. The topological polar surface area (TPSA) is 24.9 Å². The maximum Gasteiger partial charge on any atom is 0.140 e. The highest BCUT2D eigenvalue weighted by Crippen LogP contribution is 2.27. The number of hydrogen-bond donors (Lipinski definition) is 1. The Labute approximate surface area is 128 Å². The molecule has 1 N–H and O–H groups in total. The summed E-state index contributed by atoms with van der Waals surface area (Å²) in [4.78, 5) is 4.33. The predicted octanol–water partition coefficient (Wildman–Crippen LogP) is 5.43. The Morgan fingerprint density at radius 1 is 1.28 bits per heavy atom. The minimum atomic E-state index is 0.133. The normalized spacial score (nSPS) is 12.2. The van der Waals surface area contributed by atoms with Gasteiger partial charge in [0, 0.05) is 15.7 Å². The van der Waals surface area contributed by atoms with E-state index in [1.807, 2.05) is 30.3 Å². The van der Waals surface area contributed by atoms with Gasteiger partial charge in [-0.05, 0) is 62.5 Å². The third-order valence-corrected chi connectivity index (χ3v) is 3.78. The van der Waals surface area contributed by atoms with Crippen molar-refractivity contribution in [2.24, 2.45) is 0 Å². The minimum Gasteiger partial charge on any atom is -0.363 e. The number of nitrogens with one attached hydrogen (secondary N) is 1. The molecule has 1 aromatic heterocycles. The van der Waals surface area contributed by atoms with Crippen molar-refractivity contribution in [1.29, 1.82) is 0 Å². The maximum atomic E-state index is 5.99. The molecule has 0 bridgehead atoms. The number of anilines is 1. The van der Waals surface area contributed by atoms with Crippen LogP contribution in [0.5, 0.6) is 0 Å². The Kier molecular flexibility index (Phi) is 4.65. The van der Waals surface area contributed by atoms with E-state index in [4.69, 9.17) is 11.6 Å². The maximum absolute atomic E-state index is 5.99. The fourth-order valence-electron chi connectivity index (χ4n) is 1.59. The highest BCUT2D eigenvalue weighted by Gasteiger charge is 2.09. The first-order valence-corrected chi connectivity index (χ1v) is 7.35. The van der Waals surface area contributed by atoms with Gasteiger partial charge in [0.15, 0.2) is 0 Å². The molecule has 0 spiro atoms. The second-order valence-corrected chi connectivity index (χ2v) is 6.11. The molecule has 0 fully saturated rings. The molecule has 94 valence electrons. The largest absolute Gasteiger partial charge is 0.363 e. The van der Waals surface area contributed by atoms with Crippen molar-refractivity contribution in [3.05, 3.63) is 56.1 Å². The van der Waals surface area contributed by atoms with E-state index in [9.17, 15) is 0 Å². The van der Waals surface area contributed by atoms with Gasteiger partial charge >= 0.3 is 0 Å². The number of halogens is 3. The van der Waals surface area contributed by atoms with Crippen LogP contribution in [-0.2, 0) is 0 Å². The summed E-state index contributed by atoms with van der Waals surface area (Å²) in [6.07, 6.45) is 1.76. The third-order valence-electron chi connectivity index (χ3n) is 2.51. The smallest absolute Gasteiger partial charge is 0.140 e. The molecule has 2 rings (SSSR count). The minimum absolute atomic E-state index is 0.133. The monoisotopic (exact) mass is 388 g/mol. The van der Waals surface area contributed by atoms with Gasteiger partial charge in [0.25, 0.3) is 0 Å². The van der Waals surface area contributed by atoms with Crippen LogP contribution in [0, 0.1) is 0 Å². The average molecular weight is 391 g/mol. The summed E-state index contributed by atoms with van der Waals surface area (Å²) in [5.41, 5.74) is 1.12. The van der Waals surface area contributed by atoms with Crippen molar-refractivity contribution >= 4 is 49.3 Å². The molecule has 0 aliphatic rings. The number of pyridine rings is 1. The molecule has 1 unspecified atom stereocenters. The van der Waals surface area contributed by atoms with E-state index < -0.39 is 0 Å². The molecule has 0 radical (unpaired) electrons. The van der Waals surface area contributed by atoms with Crippen molar-refractivity contribution in [3.63, 3.8) is 0 Å². The third kappa shape index (κ3) is 3.46. The quantitative estimate of drug-likeness (QED) is 0.756. The lowest BCUT2D eigenvalue weighted by Crippen LogP contribution is -2.08. The summed E-state index contributed by atoms with van der Waals surface area (Å²) in [5.74, 6) is 0.811. The standard InChI is InChI=1S/C13H11Br2ClN2/c1-8(9-3-2-4-11(16)5-9)18-13-12(15)6-10(14)7-17-13/h2-8H,1H3,(H,17,18). The van der Waals surface area contributed by atoms with E-state index in [1.54, 1.807) is 6.20 Å². The van der Waals surface area contributed by atoms with E-state index >= 15 is 0 Å². The predicted molar refractivity (Wildman–Crippen MR) is 83.1 cm³/mol. The van der Waals surface area contributed by atoms with E-state index in [0.717, 1.165) is 25.3 Å². The van der Waals surface area contributed by atoms with Gasteiger partial charge in [-0.25, -0.2) is 4.98 Å². The summed E-state index contributed by atoms with van der Waals surface area (Å²) in [7, 11) is 0. The van der Waals surface area contributed by atoms with Gasteiger partial charge in [-0.3, -0.25) is 0 Å². The highest BCUT2D eigenvalue weighted by molar-refractivity contribution is 9.11. The molecule has 0 aliphatic heterocycles. The van der Waals surface area contributed by atoms with Gasteiger partial charge in [-0.1, -0.05) is 23.7 Å². The van der Waals surface area contributed by atoms with E-state index in [-0.39, 0.29) is 6.04 Å².